The van der Waals surface area contributed by atoms with Gasteiger partial charge in [0.05, 0.1) is 10.2 Å². The predicted octanol–water partition coefficient (Wildman–Crippen LogP) is 5.79. The Morgan fingerprint density at radius 1 is 0.926 bits per heavy atom. The molecule has 0 aliphatic carbocycles. The Morgan fingerprint density at radius 3 is 2.33 bits per heavy atom. The monoisotopic (exact) mass is 473 g/mol. The molecule has 0 N–H and O–H groups in total. The zero-order chi connectivity index (χ0) is 19.3. The van der Waals surface area contributed by atoms with Gasteiger partial charge in [-0.05, 0) is 66.4 Å². The SMILES string of the molecule is CO[Si](OC)(OC)c1cc(C)ccc1SSSSc1nc2ccccc2s1. The van der Waals surface area contributed by atoms with Crippen LogP contribution in [0.15, 0.2) is 51.7 Å². The smallest absolute Gasteiger partial charge is 0.373 e. The van der Waals surface area contributed by atoms with Crippen molar-refractivity contribution in [1.29, 1.82) is 0 Å². The fourth-order valence-electron chi connectivity index (χ4n) is 2.52. The maximum atomic E-state index is 5.68. The summed E-state index contributed by atoms with van der Waals surface area (Å²) in [6.45, 7) is 2.06. The van der Waals surface area contributed by atoms with Gasteiger partial charge in [0.2, 0.25) is 0 Å². The van der Waals surface area contributed by atoms with Crippen LogP contribution in [0.1, 0.15) is 5.56 Å². The molecule has 0 bridgehead atoms. The molecule has 3 rings (SSSR count). The molecule has 10 heteroatoms. The summed E-state index contributed by atoms with van der Waals surface area (Å²) in [7, 11) is 8.81. The highest BCUT2D eigenvalue weighted by Gasteiger charge is 2.43. The van der Waals surface area contributed by atoms with E-state index in [4.69, 9.17) is 13.3 Å². The topological polar surface area (TPSA) is 40.6 Å². The molecule has 2 aromatic carbocycles. The number of thiazole rings is 1. The van der Waals surface area contributed by atoms with E-state index in [-0.39, 0.29) is 0 Å². The van der Waals surface area contributed by atoms with Crippen LogP contribution in [-0.2, 0) is 13.3 Å². The van der Waals surface area contributed by atoms with Crippen molar-refractivity contribution in [3.05, 3.63) is 48.0 Å². The van der Waals surface area contributed by atoms with Crippen molar-refractivity contribution in [3.63, 3.8) is 0 Å². The van der Waals surface area contributed by atoms with E-state index in [0.29, 0.717) is 0 Å². The number of rotatable bonds is 9. The molecule has 27 heavy (non-hydrogen) atoms. The van der Waals surface area contributed by atoms with Gasteiger partial charge in [0.25, 0.3) is 0 Å². The number of hydrogen-bond donors (Lipinski definition) is 0. The molecule has 0 aliphatic rings. The Bertz CT molecular complexity index is 862. The van der Waals surface area contributed by atoms with Crippen LogP contribution in [0.3, 0.4) is 0 Å². The predicted molar refractivity (Wildman–Crippen MR) is 124 cm³/mol. The van der Waals surface area contributed by atoms with Crippen LogP contribution >= 0.6 is 52.6 Å². The lowest BCUT2D eigenvalue weighted by Crippen LogP contribution is -2.55. The normalized spacial score (nSPS) is 12.0. The lowest BCUT2D eigenvalue weighted by Gasteiger charge is -2.26. The van der Waals surface area contributed by atoms with Crippen LogP contribution in [0.25, 0.3) is 10.2 Å². The van der Waals surface area contributed by atoms with E-state index in [9.17, 15) is 0 Å². The molecule has 1 aromatic heterocycles. The Balaban J connectivity index is 1.67. The first kappa shape index (κ1) is 21.5. The van der Waals surface area contributed by atoms with Crippen LogP contribution in [0, 0.1) is 6.92 Å². The molecule has 0 fully saturated rings. The minimum absolute atomic E-state index is 0.998. The van der Waals surface area contributed by atoms with Crippen LogP contribution < -0.4 is 5.19 Å². The number of benzene rings is 2. The third kappa shape index (κ3) is 5.06. The summed E-state index contributed by atoms with van der Waals surface area (Å²) in [5.41, 5.74) is 2.21. The third-order valence-corrected chi connectivity index (χ3v) is 14.1. The number of fused-ring (bicyclic) bond motifs is 1. The summed E-state index contributed by atoms with van der Waals surface area (Å²) < 4.78 is 19.3. The van der Waals surface area contributed by atoms with Gasteiger partial charge in [0.15, 0.2) is 4.34 Å². The van der Waals surface area contributed by atoms with E-state index in [1.807, 2.05) is 18.2 Å². The third-order valence-electron chi connectivity index (χ3n) is 3.80. The Morgan fingerprint density at radius 2 is 1.63 bits per heavy atom. The molecule has 0 atom stereocenters. The van der Waals surface area contributed by atoms with E-state index in [1.165, 1.54) is 4.70 Å². The van der Waals surface area contributed by atoms with E-state index in [0.717, 1.165) is 25.5 Å². The molecule has 0 spiro atoms. The molecule has 0 radical (unpaired) electrons. The van der Waals surface area contributed by atoms with E-state index < -0.39 is 8.80 Å². The van der Waals surface area contributed by atoms with Crippen LogP contribution in [0.4, 0.5) is 0 Å². The first-order chi connectivity index (χ1) is 13.1. The standard InChI is InChI=1S/C17H19NO3S5Si/c1-12-9-10-15(16(11-12)27(19-2,20-3)21-4)23-25-26-24-17-18-13-7-5-6-8-14(13)22-17/h5-11H,1-4H3. The number of aromatic nitrogens is 1. The number of para-hydroxylation sites is 1. The molecule has 1 heterocycles. The van der Waals surface area contributed by atoms with Crippen molar-refractivity contribution in [2.45, 2.75) is 16.2 Å². The second-order valence-corrected chi connectivity index (χ2v) is 15.3. The number of hydrogen-bond acceptors (Lipinski definition) is 9. The Kier molecular flexibility index (Phi) is 8.00. The molecule has 0 saturated carbocycles. The van der Waals surface area contributed by atoms with Crippen molar-refractivity contribution in [2.75, 3.05) is 21.3 Å². The quantitative estimate of drug-likeness (QED) is 0.220. The first-order valence-electron chi connectivity index (χ1n) is 7.92. The summed E-state index contributed by atoms with van der Waals surface area (Å²) >= 11 is 1.72. The van der Waals surface area contributed by atoms with Crippen molar-refractivity contribution < 1.29 is 13.3 Å². The minimum Gasteiger partial charge on any atom is -0.373 e. The zero-order valence-electron chi connectivity index (χ0n) is 15.3. The van der Waals surface area contributed by atoms with Crippen LogP contribution in [0.5, 0.6) is 0 Å². The second kappa shape index (κ2) is 10.0. The van der Waals surface area contributed by atoms with Gasteiger partial charge < -0.3 is 13.3 Å². The van der Waals surface area contributed by atoms with Crippen molar-refractivity contribution in [2.24, 2.45) is 0 Å². The maximum Gasteiger partial charge on any atom is 0.537 e. The largest absolute Gasteiger partial charge is 0.537 e. The van der Waals surface area contributed by atoms with Gasteiger partial charge in [-0.25, -0.2) is 4.98 Å². The zero-order valence-corrected chi connectivity index (χ0v) is 20.3. The average molecular weight is 474 g/mol. The summed E-state index contributed by atoms with van der Waals surface area (Å²) in [4.78, 5) is 5.75. The van der Waals surface area contributed by atoms with Crippen molar-refractivity contribution >= 4 is 76.8 Å². The fourth-order valence-corrected chi connectivity index (χ4v) is 12.3. The molecular formula is C17H19NO3S5Si. The summed E-state index contributed by atoms with van der Waals surface area (Å²) in [6, 6.07) is 14.5. The molecule has 3 aromatic rings. The summed E-state index contributed by atoms with van der Waals surface area (Å²) in [5.74, 6) is 0. The van der Waals surface area contributed by atoms with Crippen LogP contribution in [0.2, 0.25) is 0 Å². The van der Waals surface area contributed by atoms with Gasteiger partial charge in [0.1, 0.15) is 0 Å². The van der Waals surface area contributed by atoms with E-state index in [2.05, 4.69) is 36.2 Å². The molecule has 0 saturated heterocycles. The van der Waals surface area contributed by atoms with E-state index >= 15 is 0 Å². The van der Waals surface area contributed by atoms with Gasteiger partial charge >= 0.3 is 8.80 Å². The molecule has 4 nitrogen and oxygen atoms in total. The van der Waals surface area contributed by atoms with Crippen LogP contribution in [-0.4, -0.2) is 35.1 Å². The second-order valence-electron chi connectivity index (χ2n) is 5.42. The minimum atomic E-state index is -2.88. The van der Waals surface area contributed by atoms with Crippen molar-refractivity contribution in [1.82, 2.24) is 4.98 Å². The Hall–Kier alpha value is -0.173. The summed E-state index contributed by atoms with van der Waals surface area (Å²) in [6.07, 6.45) is 0. The van der Waals surface area contributed by atoms with Gasteiger partial charge in [-0.2, -0.15) is 0 Å². The highest BCUT2D eigenvalue weighted by Crippen LogP contribution is 2.50. The van der Waals surface area contributed by atoms with Gasteiger partial charge in [0, 0.05) is 31.4 Å². The summed E-state index contributed by atoms with van der Waals surface area (Å²) in [5, 5.41) is 0.998. The molecule has 0 amide bonds. The highest BCUT2D eigenvalue weighted by atomic mass is 33.7. The van der Waals surface area contributed by atoms with Gasteiger partial charge in [-0.15, -0.1) is 11.3 Å². The molecule has 144 valence electrons. The highest BCUT2D eigenvalue weighted by molar-refractivity contribution is 9.26. The van der Waals surface area contributed by atoms with Gasteiger partial charge in [-0.3, -0.25) is 0 Å². The first-order valence-corrected chi connectivity index (χ1v) is 15.3. The maximum absolute atomic E-state index is 5.68. The van der Waals surface area contributed by atoms with Gasteiger partial charge in [-0.1, -0.05) is 29.8 Å². The average Bonchev–Trinajstić information content (AvgIpc) is 3.11. The molecule has 0 unspecified atom stereocenters. The van der Waals surface area contributed by atoms with Crippen molar-refractivity contribution in [3.8, 4) is 0 Å². The van der Waals surface area contributed by atoms with E-state index in [1.54, 1.807) is 73.9 Å². The number of nitrogens with zero attached hydrogens (tertiary/aromatic N) is 1. The number of aryl methyl sites for hydroxylation is 1. The lowest BCUT2D eigenvalue weighted by atomic mass is 10.2. The fraction of sp³-hybridized carbons (Fsp3) is 0.235. The molecule has 0 aliphatic heterocycles. The Labute approximate surface area is 179 Å². The molecular weight excluding hydrogens is 455 g/mol. The lowest BCUT2D eigenvalue weighted by molar-refractivity contribution is 0.140.